The van der Waals surface area contributed by atoms with Crippen LogP contribution in [0.2, 0.25) is 0 Å². The molecule has 1 rings (SSSR count). The topological polar surface area (TPSA) is 35.5 Å². The Kier molecular flexibility index (Phi) is 4.49. The molecule has 0 spiro atoms. The Morgan fingerprint density at radius 3 is 2.40 bits per heavy atom. The summed E-state index contributed by atoms with van der Waals surface area (Å²) in [4.78, 5) is 11.7. The summed E-state index contributed by atoms with van der Waals surface area (Å²) in [5.41, 5.74) is -0.170. The van der Waals surface area contributed by atoms with Gasteiger partial charge in [0, 0.05) is 11.8 Å². The van der Waals surface area contributed by atoms with Gasteiger partial charge in [-0.1, -0.05) is 11.8 Å². The van der Waals surface area contributed by atoms with Crippen LogP contribution in [0, 0.1) is 0 Å². The first-order valence-electron chi connectivity index (χ1n) is 4.59. The SMILES string of the molecule is COc1ccc(SC(C)OC(C)=O)cc1. The third-order valence-corrected chi connectivity index (χ3v) is 2.67. The van der Waals surface area contributed by atoms with Crippen molar-refractivity contribution in [1.29, 1.82) is 0 Å². The van der Waals surface area contributed by atoms with E-state index < -0.39 is 0 Å². The van der Waals surface area contributed by atoms with Gasteiger partial charge in [-0.2, -0.15) is 0 Å². The van der Waals surface area contributed by atoms with E-state index in [9.17, 15) is 4.79 Å². The summed E-state index contributed by atoms with van der Waals surface area (Å²) in [6.45, 7) is 3.25. The maximum Gasteiger partial charge on any atom is 0.303 e. The van der Waals surface area contributed by atoms with Gasteiger partial charge in [-0.3, -0.25) is 4.79 Å². The molecule has 0 bridgehead atoms. The average Bonchev–Trinajstić information content (AvgIpc) is 2.17. The second kappa shape index (κ2) is 5.66. The van der Waals surface area contributed by atoms with Crippen LogP contribution in [0.25, 0.3) is 0 Å². The zero-order chi connectivity index (χ0) is 11.3. The molecule has 0 aliphatic rings. The van der Waals surface area contributed by atoms with Crippen molar-refractivity contribution in [3.05, 3.63) is 24.3 Å². The monoisotopic (exact) mass is 226 g/mol. The summed E-state index contributed by atoms with van der Waals surface area (Å²) in [5, 5.41) is 0. The van der Waals surface area contributed by atoms with E-state index in [1.165, 1.54) is 18.7 Å². The van der Waals surface area contributed by atoms with Gasteiger partial charge < -0.3 is 9.47 Å². The Labute approximate surface area is 93.8 Å². The van der Waals surface area contributed by atoms with Gasteiger partial charge in [0.2, 0.25) is 0 Å². The van der Waals surface area contributed by atoms with Gasteiger partial charge in [-0.15, -0.1) is 0 Å². The van der Waals surface area contributed by atoms with Crippen molar-refractivity contribution < 1.29 is 14.3 Å². The molecule has 0 heterocycles. The first kappa shape index (κ1) is 11.9. The Hall–Kier alpha value is -1.16. The van der Waals surface area contributed by atoms with Crippen molar-refractivity contribution >= 4 is 17.7 Å². The lowest BCUT2D eigenvalue weighted by Crippen LogP contribution is -2.07. The lowest BCUT2D eigenvalue weighted by atomic mass is 10.3. The second-order valence-corrected chi connectivity index (χ2v) is 4.34. The van der Waals surface area contributed by atoms with Crippen LogP contribution in [0.1, 0.15) is 13.8 Å². The highest BCUT2D eigenvalue weighted by Gasteiger charge is 2.06. The number of methoxy groups -OCH3 is 1. The fourth-order valence-electron chi connectivity index (χ4n) is 1.10. The molecule has 1 aromatic rings. The lowest BCUT2D eigenvalue weighted by Gasteiger charge is -2.11. The van der Waals surface area contributed by atoms with Crippen LogP contribution >= 0.6 is 11.8 Å². The predicted octanol–water partition coefficient (Wildman–Crippen LogP) is 2.70. The summed E-state index contributed by atoms with van der Waals surface area (Å²) < 4.78 is 10.0. The summed E-state index contributed by atoms with van der Waals surface area (Å²) >= 11 is 1.49. The minimum atomic E-state index is -0.261. The largest absolute Gasteiger partial charge is 0.497 e. The highest BCUT2D eigenvalue weighted by Crippen LogP contribution is 2.25. The molecule has 0 saturated heterocycles. The van der Waals surface area contributed by atoms with Gasteiger partial charge >= 0.3 is 5.97 Å². The molecule has 0 radical (unpaired) electrons. The van der Waals surface area contributed by atoms with Crippen LogP contribution in [0.15, 0.2) is 29.2 Å². The third kappa shape index (κ3) is 4.25. The number of ether oxygens (including phenoxy) is 2. The van der Waals surface area contributed by atoms with Crippen molar-refractivity contribution in [2.45, 2.75) is 24.2 Å². The fourth-order valence-corrected chi connectivity index (χ4v) is 1.96. The first-order chi connectivity index (χ1) is 7.11. The maximum absolute atomic E-state index is 10.7. The van der Waals surface area contributed by atoms with Crippen molar-refractivity contribution in [2.24, 2.45) is 0 Å². The molecule has 1 atom stereocenters. The molecule has 4 heteroatoms. The van der Waals surface area contributed by atoms with Gasteiger partial charge in [0.25, 0.3) is 0 Å². The average molecular weight is 226 g/mol. The molecule has 15 heavy (non-hydrogen) atoms. The van der Waals surface area contributed by atoms with E-state index in [1.54, 1.807) is 7.11 Å². The Bertz CT molecular complexity index is 321. The van der Waals surface area contributed by atoms with E-state index in [1.807, 2.05) is 31.2 Å². The molecular formula is C11H14O3S. The molecule has 1 unspecified atom stereocenters. The molecule has 0 fully saturated rings. The predicted molar refractivity (Wildman–Crippen MR) is 60.1 cm³/mol. The molecule has 3 nitrogen and oxygen atoms in total. The zero-order valence-corrected chi connectivity index (χ0v) is 9.84. The molecule has 82 valence electrons. The van der Waals surface area contributed by atoms with Crippen LogP contribution < -0.4 is 4.74 Å². The normalized spacial score (nSPS) is 11.9. The van der Waals surface area contributed by atoms with Crippen LogP contribution in [0.5, 0.6) is 5.75 Å². The minimum Gasteiger partial charge on any atom is -0.497 e. The van der Waals surface area contributed by atoms with Crippen LogP contribution in [-0.4, -0.2) is 18.5 Å². The Morgan fingerprint density at radius 1 is 1.33 bits per heavy atom. The highest BCUT2D eigenvalue weighted by atomic mass is 32.2. The third-order valence-electron chi connectivity index (χ3n) is 1.69. The Morgan fingerprint density at radius 2 is 1.93 bits per heavy atom. The Balaban J connectivity index is 2.53. The molecule has 0 aliphatic carbocycles. The molecule has 0 aromatic heterocycles. The molecule has 0 aliphatic heterocycles. The number of esters is 1. The van der Waals surface area contributed by atoms with Gasteiger partial charge in [0.1, 0.15) is 11.2 Å². The van der Waals surface area contributed by atoms with E-state index in [0.29, 0.717) is 0 Å². The van der Waals surface area contributed by atoms with Crippen molar-refractivity contribution in [3.8, 4) is 5.75 Å². The summed E-state index contributed by atoms with van der Waals surface area (Å²) in [6.07, 6.45) is 0. The molecule has 0 saturated carbocycles. The number of rotatable bonds is 4. The maximum atomic E-state index is 10.7. The van der Waals surface area contributed by atoms with E-state index in [0.717, 1.165) is 10.6 Å². The fraction of sp³-hybridized carbons (Fsp3) is 0.364. The lowest BCUT2D eigenvalue weighted by molar-refractivity contribution is -0.141. The van der Waals surface area contributed by atoms with Gasteiger partial charge in [0.05, 0.1) is 7.11 Å². The summed E-state index contributed by atoms with van der Waals surface area (Å²) in [6, 6.07) is 7.62. The number of hydrogen-bond acceptors (Lipinski definition) is 4. The number of thioether (sulfide) groups is 1. The smallest absolute Gasteiger partial charge is 0.303 e. The van der Waals surface area contributed by atoms with Gasteiger partial charge in [-0.05, 0) is 31.2 Å². The molecule has 1 aromatic carbocycles. The van der Waals surface area contributed by atoms with Gasteiger partial charge in [-0.25, -0.2) is 0 Å². The van der Waals surface area contributed by atoms with E-state index in [-0.39, 0.29) is 11.4 Å². The van der Waals surface area contributed by atoms with Crippen molar-refractivity contribution in [2.75, 3.05) is 7.11 Å². The van der Waals surface area contributed by atoms with E-state index in [2.05, 4.69) is 0 Å². The molecule has 0 amide bonds. The summed E-state index contributed by atoms with van der Waals surface area (Å²) in [5.74, 6) is 0.558. The first-order valence-corrected chi connectivity index (χ1v) is 5.47. The number of carbonyl (C=O) groups is 1. The molecule has 0 N–H and O–H groups in total. The number of carbonyl (C=O) groups excluding carboxylic acids is 1. The quantitative estimate of drug-likeness (QED) is 0.449. The highest BCUT2D eigenvalue weighted by molar-refractivity contribution is 7.99. The second-order valence-electron chi connectivity index (χ2n) is 2.97. The van der Waals surface area contributed by atoms with Crippen LogP contribution in [-0.2, 0) is 9.53 Å². The van der Waals surface area contributed by atoms with Crippen LogP contribution in [0.4, 0.5) is 0 Å². The standard InChI is InChI=1S/C11H14O3S/c1-8(12)14-9(2)15-11-6-4-10(13-3)5-7-11/h4-7,9H,1-3H3. The summed E-state index contributed by atoms with van der Waals surface area (Å²) in [7, 11) is 1.63. The van der Waals surface area contributed by atoms with E-state index >= 15 is 0 Å². The molecular weight excluding hydrogens is 212 g/mol. The van der Waals surface area contributed by atoms with Crippen molar-refractivity contribution in [1.82, 2.24) is 0 Å². The van der Waals surface area contributed by atoms with Gasteiger partial charge in [0.15, 0.2) is 0 Å². The number of hydrogen-bond donors (Lipinski definition) is 0. The van der Waals surface area contributed by atoms with Crippen LogP contribution in [0.3, 0.4) is 0 Å². The number of benzene rings is 1. The van der Waals surface area contributed by atoms with Crippen molar-refractivity contribution in [3.63, 3.8) is 0 Å². The zero-order valence-electron chi connectivity index (χ0n) is 9.02. The van der Waals surface area contributed by atoms with E-state index in [4.69, 9.17) is 9.47 Å². The minimum absolute atomic E-state index is 0.170.